The molecule has 5 rings (SSSR count). The standard InChI is InChI=1S/C29H27BrN4O5/c1-37-25-10-16(11-26(38-2)28(25)39-3)24-13-21(20-12-18(30)6-7-22(20)34-24)29(36)33-19(15-35)9-17-14-32-23-5-4-8-31-27(17)23/h4-8,10-14,19,32,35H,9,15H2,1-3H3,(H,33,36). The number of carbonyl (C=O) groups is 1. The van der Waals surface area contributed by atoms with Gasteiger partial charge in [-0.15, -0.1) is 0 Å². The summed E-state index contributed by atoms with van der Waals surface area (Å²) in [7, 11) is 4.63. The Morgan fingerprint density at radius 3 is 2.54 bits per heavy atom. The van der Waals surface area contributed by atoms with Crippen LogP contribution in [0.5, 0.6) is 17.2 Å². The summed E-state index contributed by atoms with van der Waals surface area (Å²) in [4.78, 5) is 26.1. The van der Waals surface area contributed by atoms with Crippen LogP contribution in [-0.4, -0.2) is 59.9 Å². The number of aromatic nitrogens is 3. The zero-order valence-electron chi connectivity index (χ0n) is 21.6. The molecule has 0 aliphatic carbocycles. The van der Waals surface area contributed by atoms with Crippen molar-refractivity contribution in [2.45, 2.75) is 12.5 Å². The minimum absolute atomic E-state index is 0.238. The predicted molar refractivity (Wildman–Crippen MR) is 153 cm³/mol. The van der Waals surface area contributed by atoms with E-state index >= 15 is 0 Å². The van der Waals surface area contributed by atoms with E-state index in [2.05, 4.69) is 31.2 Å². The Morgan fingerprint density at radius 2 is 1.85 bits per heavy atom. The van der Waals surface area contributed by atoms with Crippen molar-refractivity contribution in [3.8, 4) is 28.5 Å². The Morgan fingerprint density at radius 1 is 1.08 bits per heavy atom. The molecule has 10 heteroatoms. The molecule has 0 saturated carbocycles. The van der Waals surface area contributed by atoms with Gasteiger partial charge in [0.15, 0.2) is 11.5 Å². The fraction of sp³-hybridized carbons (Fsp3) is 0.207. The van der Waals surface area contributed by atoms with Crippen LogP contribution in [0, 0.1) is 0 Å². The van der Waals surface area contributed by atoms with Gasteiger partial charge in [0, 0.05) is 27.8 Å². The van der Waals surface area contributed by atoms with E-state index in [0.717, 1.165) is 21.1 Å². The van der Waals surface area contributed by atoms with Crippen molar-refractivity contribution >= 4 is 43.8 Å². The van der Waals surface area contributed by atoms with E-state index in [1.54, 1.807) is 45.7 Å². The molecule has 1 amide bonds. The van der Waals surface area contributed by atoms with Crippen molar-refractivity contribution in [2.75, 3.05) is 27.9 Å². The summed E-state index contributed by atoms with van der Waals surface area (Å²) in [6, 6.07) is 14.1. The molecule has 3 aromatic heterocycles. The molecule has 0 aliphatic heterocycles. The van der Waals surface area contributed by atoms with Crippen LogP contribution < -0.4 is 19.5 Å². The fourth-order valence-corrected chi connectivity index (χ4v) is 4.98. The number of aliphatic hydroxyl groups excluding tert-OH is 1. The van der Waals surface area contributed by atoms with E-state index in [0.29, 0.717) is 51.4 Å². The number of hydrogen-bond acceptors (Lipinski definition) is 7. The fourth-order valence-electron chi connectivity index (χ4n) is 4.62. The SMILES string of the molecule is COc1cc(-c2cc(C(=O)NC(CO)Cc3c[nH]c4cccnc34)c3cc(Br)ccc3n2)cc(OC)c1OC. The van der Waals surface area contributed by atoms with Gasteiger partial charge in [-0.25, -0.2) is 4.98 Å². The number of rotatable bonds is 9. The number of aromatic amines is 1. The number of carbonyl (C=O) groups excluding carboxylic acids is 1. The predicted octanol–water partition coefficient (Wildman–Crippen LogP) is 4.90. The molecule has 200 valence electrons. The molecule has 1 atom stereocenters. The Kier molecular flexibility index (Phi) is 7.67. The minimum atomic E-state index is -0.529. The highest BCUT2D eigenvalue weighted by atomic mass is 79.9. The number of benzene rings is 2. The number of pyridine rings is 2. The summed E-state index contributed by atoms with van der Waals surface area (Å²) in [5, 5.41) is 13.8. The van der Waals surface area contributed by atoms with Crippen LogP contribution in [0.2, 0.25) is 0 Å². The summed E-state index contributed by atoms with van der Waals surface area (Å²) in [6.45, 7) is -0.238. The van der Waals surface area contributed by atoms with Crippen LogP contribution in [0.1, 0.15) is 15.9 Å². The lowest BCUT2D eigenvalue weighted by Gasteiger charge is -2.18. The van der Waals surface area contributed by atoms with Crippen LogP contribution in [0.4, 0.5) is 0 Å². The first-order valence-corrected chi connectivity index (χ1v) is 13.0. The van der Waals surface area contributed by atoms with Crippen LogP contribution in [0.15, 0.2) is 65.4 Å². The van der Waals surface area contributed by atoms with E-state index in [1.165, 1.54) is 0 Å². The number of fused-ring (bicyclic) bond motifs is 2. The summed E-state index contributed by atoms with van der Waals surface area (Å²) in [5.41, 5.74) is 4.91. The van der Waals surface area contributed by atoms with Gasteiger partial charge in [-0.1, -0.05) is 15.9 Å². The van der Waals surface area contributed by atoms with E-state index < -0.39 is 6.04 Å². The molecule has 0 saturated heterocycles. The van der Waals surface area contributed by atoms with Crippen LogP contribution in [0.3, 0.4) is 0 Å². The number of nitrogens with one attached hydrogen (secondary N) is 2. The third-order valence-electron chi connectivity index (χ3n) is 6.51. The highest BCUT2D eigenvalue weighted by molar-refractivity contribution is 9.10. The third-order valence-corrected chi connectivity index (χ3v) is 7.00. The molecule has 0 fully saturated rings. The summed E-state index contributed by atoms with van der Waals surface area (Å²) in [6.07, 6.45) is 3.98. The van der Waals surface area contributed by atoms with Crippen molar-refractivity contribution in [1.82, 2.24) is 20.3 Å². The number of hydrogen-bond donors (Lipinski definition) is 3. The monoisotopic (exact) mass is 590 g/mol. The summed E-state index contributed by atoms with van der Waals surface area (Å²) < 4.78 is 17.3. The third kappa shape index (κ3) is 5.25. The van der Waals surface area contributed by atoms with E-state index in [9.17, 15) is 9.90 Å². The van der Waals surface area contributed by atoms with Crippen molar-refractivity contribution in [3.63, 3.8) is 0 Å². The average Bonchev–Trinajstić information content (AvgIpc) is 3.37. The molecule has 3 N–H and O–H groups in total. The molecule has 1 unspecified atom stereocenters. The largest absolute Gasteiger partial charge is 0.493 e. The van der Waals surface area contributed by atoms with Gasteiger partial charge in [-0.2, -0.15) is 0 Å². The van der Waals surface area contributed by atoms with Crippen LogP contribution >= 0.6 is 15.9 Å². The lowest BCUT2D eigenvalue weighted by Crippen LogP contribution is -2.39. The average molecular weight is 591 g/mol. The zero-order valence-corrected chi connectivity index (χ0v) is 23.2. The molecule has 9 nitrogen and oxygen atoms in total. The quantitative estimate of drug-likeness (QED) is 0.223. The van der Waals surface area contributed by atoms with E-state index in [1.807, 2.05) is 36.5 Å². The second-order valence-corrected chi connectivity index (χ2v) is 9.82. The number of aliphatic hydroxyl groups is 1. The second kappa shape index (κ2) is 11.3. The molecular weight excluding hydrogens is 564 g/mol. The Hall–Kier alpha value is -4.15. The topological polar surface area (TPSA) is 119 Å². The number of halogens is 1. The first kappa shape index (κ1) is 26.5. The maximum Gasteiger partial charge on any atom is 0.252 e. The summed E-state index contributed by atoms with van der Waals surface area (Å²) in [5.74, 6) is 1.08. The molecule has 5 aromatic rings. The summed E-state index contributed by atoms with van der Waals surface area (Å²) >= 11 is 3.50. The van der Waals surface area contributed by atoms with E-state index in [4.69, 9.17) is 19.2 Å². The number of methoxy groups -OCH3 is 3. The molecule has 2 aromatic carbocycles. The lowest BCUT2D eigenvalue weighted by molar-refractivity contribution is 0.0918. The van der Waals surface area contributed by atoms with Crippen molar-refractivity contribution in [3.05, 3.63) is 76.5 Å². The minimum Gasteiger partial charge on any atom is -0.493 e. The van der Waals surface area contributed by atoms with Gasteiger partial charge in [0.25, 0.3) is 5.91 Å². The molecule has 0 bridgehead atoms. The smallest absolute Gasteiger partial charge is 0.252 e. The second-order valence-electron chi connectivity index (χ2n) is 8.90. The lowest BCUT2D eigenvalue weighted by atomic mass is 10.0. The highest BCUT2D eigenvalue weighted by Crippen LogP contribution is 2.41. The molecule has 0 radical (unpaired) electrons. The van der Waals surface area contributed by atoms with Crippen LogP contribution in [0.25, 0.3) is 33.2 Å². The Labute approximate surface area is 233 Å². The number of nitrogens with zero attached hydrogens (tertiary/aromatic N) is 2. The van der Waals surface area contributed by atoms with Gasteiger partial charge in [0.2, 0.25) is 5.75 Å². The molecule has 0 aliphatic rings. The maximum absolute atomic E-state index is 13.7. The maximum atomic E-state index is 13.7. The molecule has 39 heavy (non-hydrogen) atoms. The van der Waals surface area contributed by atoms with Crippen molar-refractivity contribution in [1.29, 1.82) is 0 Å². The molecular formula is C29H27BrN4O5. The molecule has 3 heterocycles. The molecule has 0 spiro atoms. The van der Waals surface area contributed by atoms with Crippen LogP contribution in [-0.2, 0) is 6.42 Å². The van der Waals surface area contributed by atoms with Gasteiger partial charge in [-0.05, 0) is 60.5 Å². The number of amides is 1. The first-order chi connectivity index (χ1) is 18.9. The Bertz CT molecular complexity index is 1640. The Balaban J connectivity index is 1.54. The zero-order chi connectivity index (χ0) is 27.5. The van der Waals surface area contributed by atoms with Crippen molar-refractivity contribution in [2.24, 2.45) is 0 Å². The normalized spacial score (nSPS) is 11.9. The van der Waals surface area contributed by atoms with Gasteiger partial charge < -0.3 is 29.6 Å². The number of ether oxygens (including phenoxy) is 3. The van der Waals surface area contributed by atoms with Gasteiger partial charge in [0.05, 0.1) is 61.8 Å². The van der Waals surface area contributed by atoms with Gasteiger partial charge >= 0.3 is 0 Å². The van der Waals surface area contributed by atoms with Crippen molar-refractivity contribution < 1.29 is 24.1 Å². The highest BCUT2D eigenvalue weighted by Gasteiger charge is 2.21. The van der Waals surface area contributed by atoms with Gasteiger partial charge in [0.1, 0.15) is 0 Å². The van der Waals surface area contributed by atoms with Gasteiger partial charge in [-0.3, -0.25) is 9.78 Å². The number of H-pyrrole nitrogens is 1. The first-order valence-electron chi connectivity index (χ1n) is 12.2. The van der Waals surface area contributed by atoms with E-state index in [-0.39, 0.29) is 12.5 Å².